The van der Waals surface area contributed by atoms with Crippen LogP contribution in [0.25, 0.3) is 0 Å². The molecule has 2 fully saturated rings. The van der Waals surface area contributed by atoms with Gasteiger partial charge in [0.1, 0.15) is 0 Å². The zero-order valence-electron chi connectivity index (χ0n) is 22.0. The van der Waals surface area contributed by atoms with Gasteiger partial charge < -0.3 is 30.3 Å². The summed E-state index contributed by atoms with van der Waals surface area (Å²) in [5.74, 6) is -3.15. The number of amides is 2. The molecule has 0 atom stereocenters. The number of nitrogens with one attached hydrogen (secondary N) is 3. The summed E-state index contributed by atoms with van der Waals surface area (Å²) >= 11 is 0. The summed E-state index contributed by atoms with van der Waals surface area (Å²) in [5.41, 5.74) is 2.00. The summed E-state index contributed by atoms with van der Waals surface area (Å²) in [5, 5.41) is 13.0. The van der Waals surface area contributed by atoms with E-state index in [0.717, 1.165) is 31.9 Å². The molecule has 0 radical (unpaired) electrons. The third-order valence-corrected chi connectivity index (χ3v) is 7.35. The van der Waals surface area contributed by atoms with Crippen molar-refractivity contribution in [2.24, 2.45) is 0 Å². The fraction of sp³-hybridized carbons (Fsp3) is 0.400. The Morgan fingerprint density at radius 3 is 2.10 bits per heavy atom. The van der Waals surface area contributed by atoms with Crippen molar-refractivity contribution in [1.29, 1.82) is 0 Å². The van der Waals surface area contributed by atoms with Crippen molar-refractivity contribution in [1.82, 2.24) is 10.2 Å². The van der Waals surface area contributed by atoms with Gasteiger partial charge in [-0.15, -0.1) is 0 Å². The van der Waals surface area contributed by atoms with Crippen LogP contribution in [-0.4, -0.2) is 94.9 Å². The van der Waals surface area contributed by atoms with Crippen LogP contribution in [0, 0.1) is 0 Å². The maximum absolute atomic E-state index is 13.2. The number of morpholine rings is 1. The first-order valence-electron chi connectivity index (χ1n) is 12.5. The van der Waals surface area contributed by atoms with Gasteiger partial charge in [0.05, 0.1) is 29.5 Å². The number of anilines is 3. The second-order valence-corrected chi connectivity index (χ2v) is 10.7. The van der Waals surface area contributed by atoms with Crippen LogP contribution >= 0.6 is 0 Å². The largest absolute Gasteiger partial charge is 0.490 e. The number of aliphatic carboxylic acids is 1. The van der Waals surface area contributed by atoms with Gasteiger partial charge in [-0.05, 0) is 42.5 Å². The Labute approximate surface area is 234 Å². The number of carboxylic acids is 1. The first-order chi connectivity index (χ1) is 19.3. The summed E-state index contributed by atoms with van der Waals surface area (Å²) in [6.07, 6.45) is -5.08. The molecule has 2 aliphatic rings. The highest BCUT2D eigenvalue weighted by Crippen LogP contribution is 2.31. The van der Waals surface area contributed by atoms with Crippen molar-refractivity contribution in [3.05, 3.63) is 48.0 Å². The minimum Gasteiger partial charge on any atom is -0.475 e. The lowest BCUT2D eigenvalue weighted by molar-refractivity contribution is -0.192. The lowest BCUT2D eigenvalue weighted by atomic mass is 10.1. The van der Waals surface area contributed by atoms with E-state index in [-0.39, 0.29) is 16.7 Å². The maximum atomic E-state index is 13.2. The predicted octanol–water partition coefficient (Wildman–Crippen LogP) is 1.96. The van der Waals surface area contributed by atoms with Crippen LogP contribution in [-0.2, 0) is 24.3 Å². The molecule has 2 aromatic rings. The molecule has 16 heteroatoms. The van der Waals surface area contributed by atoms with Gasteiger partial charge in [0.25, 0.3) is 15.9 Å². The zero-order chi connectivity index (χ0) is 30.2. The number of carbonyl (C=O) groups excluding carboxylic acids is 2. The topological polar surface area (TPSA) is 157 Å². The number of sulfonamides is 1. The number of carboxylic acid groups (broad SMARTS) is 1. The van der Waals surface area contributed by atoms with Crippen molar-refractivity contribution >= 4 is 44.9 Å². The van der Waals surface area contributed by atoms with E-state index >= 15 is 0 Å². The molecule has 2 aliphatic heterocycles. The first-order valence-corrected chi connectivity index (χ1v) is 13.9. The number of benzene rings is 2. The second-order valence-electron chi connectivity index (χ2n) is 8.99. The van der Waals surface area contributed by atoms with E-state index in [2.05, 4.69) is 20.3 Å². The number of alkyl halides is 3. The van der Waals surface area contributed by atoms with E-state index in [9.17, 15) is 31.2 Å². The first kappa shape index (κ1) is 31.6. The van der Waals surface area contributed by atoms with Crippen LogP contribution in [0.1, 0.15) is 17.3 Å². The summed E-state index contributed by atoms with van der Waals surface area (Å²) in [7, 11) is -3.94. The van der Waals surface area contributed by atoms with Crippen LogP contribution in [0.5, 0.6) is 0 Å². The molecule has 0 aliphatic carbocycles. The molecule has 0 saturated carbocycles. The molecule has 41 heavy (non-hydrogen) atoms. The van der Waals surface area contributed by atoms with Crippen LogP contribution in [0.2, 0.25) is 0 Å². The number of carbonyl (C=O) groups is 3. The third-order valence-electron chi connectivity index (χ3n) is 5.97. The Bertz CT molecular complexity index is 1340. The van der Waals surface area contributed by atoms with E-state index in [0.29, 0.717) is 43.2 Å². The van der Waals surface area contributed by atoms with Crippen molar-refractivity contribution in [3.8, 4) is 0 Å². The molecule has 0 spiro atoms. The average Bonchev–Trinajstić information content (AvgIpc) is 2.93. The minimum atomic E-state index is -5.08. The van der Waals surface area contributed by atoms with Gasteiger partial charge in [-0.1, -0.05) is 0 Å². The van der Waals surface area contributed by atoms with Crippen LogP contribution in [0.4, 0.5) is 30.2 Å². The molecule has 2 heterocycles. The summed E-state index contributed by atoms with van der Waals surface area (Å²) in [4.78, 5) is 37.0. The molecule has 0 aromatic heterocycles. The smallest absolute Gasteiger partial charge is 0.475 e. The number of hydrogen-bond acceptors (Lipinski definition) is 8. The molecule has 4 N–H and O–H groups in total. The van der Waals surface area contributed by atoms with E-state index < -0.39 is 22.2 Å². The van der Waals surface area contributed by atoms with E-state index in [1.54, 1.807) is 23.1 Å². The number of hydrogen-bond donors (Lipinski definition) is 4. The molecule has 0 unspecified atom stereocenters. The highest BCUT2D eigenvalue weighted by Gasteiger charge is 2.38. The average molecular weight is 602 g/mol. The van der Waals surface area contributed by atoms with Gasteiger partial charge in [-0.25, -0.2) is 13.2 Å². The number of ether oxygens (including phenoxy) is 1. The summed E-state index contributed by atoms with van der Waals surface area (Å²) < 4.78 is 66.2. The van der Waals surface area contributed by atoms with Gasteiger partial charge in [-0.3, -0.25) is 14.3 Å². The number of rotatable bonds is 6. The Morgan fingerprint density at radius 2 is 1.56 bits per heavy atom. The lowest BCUT2D eigenvalue weighted by Crippen LogP contribution is -2.44. The SMILES string of the molecule is CC(=O)Nc1ccc(S(=O)(=O)Nc2cc(C(=O)N3CCOCC3)ccc2N2CCNCC2)cc1.O=C(O)C(F)(F)F. The van der Waals surface area contributed by atoms with Crippen LogP contribution in [0.3, 0.4) is 0 Å². The molecular weight excluding hydrogens is 571 g/mol. The number of piperazine rings is 1. The van der Waals surface area contributed by atoms with Crippen molar-refractivity contribution < 1.29 is 45.8 Å². The standard InChI is InChI=1S/C23H29N5O5S.C2HF3O2/c1-17(29)25-19-3-5-20(6-4-19)34(31,32)26-21-16-18(23(30)28-12-14-33-15-13-28)2-7-22(21)27-10-8-24-9-11-27;3-2(4,5)1(6)7/h2-7,16,24,26H,8-15H2,1H3,(H,25,29);(H,6,7). The summed E-state index contributed by atoms with van der Waals surface area (Å²) in [6.45, 7) is 6.36. The van der Waals surface area contributed by atoms with Gasteiger partial charge in [0.2, 0.25) is 5.91 Å². The highest BCUT2D eigenvalue weighted by molar-refractivity contribution is 7.92. The number of halogens is 3. The van der Waals surface area contributed by atoms with Crippen molar-refractivity contribution in [2.45, 2.75) is 18.0 Å². The van der Waals surface area contributed by atoms with Crippen LogP contribution in [0.15, 0.2) is 47.4 Å². The quantitative estimate of drug-likeness (QED) is 0.389. The Kier molecular flexibility index (Phi) is 10.5. The molecular formula is C25H30F3N5O7S. The lowest BCUT2D eigenvalue weighted by Gasteiger charge is -2.32. The molecule has 224 valence electrons. The maximum Gasteiger partial charge on any atom is 0.490 e. The Morgan fingerprint density at radius 1 is 0.976 bits per heavy atom. The van der Waals surface area contributed by atoms with E-state index in [4.69, 9.17) is 14.6 Å². The number of nitrogens with zero attached hydrogens (tertiary/aromatic N) is 2. The van der Waals surface area contributed by atoms with Gasteiger partial charge in [0.15, 0.2) is 0 Å². The van der Waals surface area contributed by atoms with Gasteiger partial charge in [-0.2, -0.15) is 13.2 Å². The van der Waals surface area contributed by atoms with Gasteiger partial charge >= 0.3 is 12.1 Å². The second kappa shape index (κ2) is 13.6. The monoisotopic (exact) mass is 601 g/mol. The molecule has 2 amide bonds. The fourth-order valence-corrected chi connectivity index (χ4v) is 5.07. The van der Waals surface area contributed by atoms with E-state index in [1.807, 2.05) is 0 Å². The zero-order valence-corrected chi connectivity index (χ0v) is 22.8. The van der Waals surface area contributed by atoms with Crippen molar-refractivity contribution in [3.63, 3.8) is 0 Å². The Hall–Kier alpha value is -3.89. The molecule has 0 bridgehead atoms. The molecule has 12 nitrogen and oxygen atoms in total. The molecule has 2 aromatic carbocycles. The van der Waals surface area contributed by atoms with E-state index in [1.165, 1.54) is 31.2 Å². The predicted molar refractivity (Wildman–Crippen MR) is 143 cm³/mol. The van der Waals surface area contributed by atoms with Gasteiger partial charge in [0, 0.05) is 57.4 Å². The highest BCUT2D eigenvalue weighted by atomic mass is 32.2. The Balaban J connectivity index is 0.000000587. The van der Waals surface area contributed by atoms with Crippen molar-refractivity contribution in [2.75, 3.05) is 67.4 Å². The van der Waals surface area contributed by atoms with Crippen LogP contribution < -0.4 is 20.3 Å². The third kappa shape index (κ3) is 9.06. The molecule has 2 saturated heterocycles. The normalized spacial score (nSPS) is 15.8. The minimum absolute atomic E-state index is 0.0535. The fourth-order valence-electron chi connectivity index (χ4n) is 4.01. The molecule has 4 rings (SSSR count). The summed E-state index contributed by atoms with van der Waals surface area (Å²) in [6, 6.07) is 11.1.